The molecule has 0 aliphatic heterocycles. The van der Waals surface area contributed by atoms with Crippen LogP contribution >= 0.6 is 11.6 Å². The first-order chi connectivity index (χ1) is 4.18. The second-order valence-corrected chi connectivity index (χ2v) is 2.49. The third-order valence-corrected chi connectivity index (χ3v) is 1.79. The van der Waals surface area contributed by atoms with E-state index in [2.05, 4.69) is 0 Å². The van der Waals surface area contributed by atoms with Crippen molar-refractivity contribution in [2.24, 2.45) is 0 Å². The van der Waals surface area contributed by atoms with Gasteiger partial charge in [0, 0.05) is 14.2 Å². The van der Waals surface area contributed by atoms with E-state index in [-0.39, 0.29) is 5.60 Å². The number of hydrogen-bond donors (Lipinski definition) is 0. The third-order valence-electron chi connectivity index (χ3n) is 1.23. The van der Waals surface area contributed by atoms with E-state index in [1.807, 2.05) is 6.92 Å². The van der Waals surface area contributed by atoms with Crippen molar-refractivity contribution in [3.63, 3.8) is 0 Å². The van der Waals surface area contributed by atoms with E-state index in [0.717, 1.165) is 0 Å². The first-order valence-corrected chi connectivity index (χ1v) is 3.32. The lowest BCUT2D eigenvalue weighted by atomic mass is 10.1. The lowest BCUT2D eigenvalue weighted by molar-refractivity contribution is -0.0344. The van der Waals surface area contributed by atoms with Crippen molar-refractivity contribution < 1.29 is 9.47 Å². The summed E-state index contributed by atoms with van der Waals surface area (Å²) in [6.07, 6.45) is 0. The van der Waals surface area contributed by atoms with Gasteiger partial charge in [0.25, 0.3) is 0 Å². The highest BCUT2D eigenvalue weighted by atomic mass is 35.5. The Morgan fingerprint density at radius 1 is 1.44 bits per heavy atom. The lowest BCUT2D eigenvalue weighted by Gasteiger charge is -2.23. The molecule has 1 atom stereocenters. The maximum atomic E-state index is 5.58. The molecule has 0 saturated heterocycles. The Bertz CT molecular complexity index is 71.5. The van der Waals surface area contributed by atoms with Crippen molar-refractivity contribution in [2.75, 3.05) is 26.7 Å². The van der Waals surface area contributed by atoms with Crippen LogP contribution in [0, 0.1) is 0 Å². The van der Waals surface area contributed by atoms with Crippen molar-refractivity contribution in [3.05, 3.63) is 0 Å². The van der Waals surface area contributed by atoms with Crippen LogP contribution in [0.2, 0.25) is 0 Å². The van der Waals surface area contributed by atoms with Gasteiger partial charge in [-0.3, -0.25) is 0 Å². The van der Waals surface area contributed by atoms with Crippen LogP contribution in [0.5, 0.6) is 0 Å². The maximum Gasteiger partial charge on any atom is 0.102 e. The van der Waals surface area contributed by atoms with Crippen molar-refractivity contribution in [3.8, 4) is 0 Å². The molecule has 0 aromatic carbocycles. The monoisotopic (exact) mass is 152 g/mol. The zero-order valence-electron chi connectivity index (χ0n) is 6.11. The molecule has 0 aliphatic rings. The molecule has 0 aliphatic carbocycles. The van der Waals surface area contributed by atoms with Gasteiger partial charge < -0.3 is 9.47 Å². The Kier molecular flexibility index (Phi) is 4.19. The van der Waals surface area contributed by atoms with E-state index in [4.69, 9.17) is 21.1 Å². The van der Waals surface area contributed by atoms with Crippen LogP contribution in [0.15, 0.2) is 0 Å². The van der Waals surface area contributed by atoms with Crippen molar-refractivity contribution in [1.82, 2.24) is 0 Å². The minimum atomic E-state index is -0.323. The summed E-state index contributed by atoms with van der Waals surface area (Å²) in [4.78, 5) is 0. The fraction of sp³-hybridized carbons (Fsp3) is 1.00. The Morgan fingerprint density at radius 2 is 2.00 bits per heavy atom. The third kappa shape index (κ3) is 3.04. The molecule has 0 amide bonds. The standard InChI is InChI=1S/C6H13ClO2/c1-6(4-7,9-3)5-8-2/h4-5H2,1-3H3. The van der Waals surface area contributed by atoms with Crippen molar-refractivity contribution in [1.29, 1.82) is 0 Å². The largest absolute Gasteiger partial charge is 0.382 e. The van der Waals surface area contributed by atoms with Crippen molar-refractivity contribution >= 4 is 11.6 Å². The quantitative estimate of drug-likeness (QED) is 0.565. The van der Waals surface area contributed by atoms with E-state index in [1.54, 1.807) is 14.2 Å². The van der Waals surface area contributed by atoms with Gasteiger partial charge in [-0.1, -0.05) is 0 Å². The molecule has 0 heterocycles. The molecule has 0 spiro atoms. The van der Waals surface area contributed by atoms with Crippen LogP contribution in [0.4, 0.5) is 0 Å². The number of ether oxygens (including phenoxy) is 2. The molecule has 0 aromatic heterocycles. The van der Waals surface area contributed by atoms with E-state index in [9.17, 15) is 0 Å². The minimum Gasteiger partial charge on any atom is -0.382 e. The van der Waals surface area contributed by atoms with Gasteiger partial charge in [-0.05, 0) is 6.92 Å². The number of hydrogen-bond acceptors (Lipinski definition) is 2. The molecule has 0 saturated carbocycles. The van der Waals surface area contributed by atoms with Crippen LogP contribution in [0.3, 0.4) is 0 Å². The Labute approximate surface area is 61.1 Å². The molecule has 0 N–H and O–H groups in total. The van der Waals surface area contributed by atoms with Crippen molar-refractivity contribution in [2.45, 2.75) is 12.5 Å². The highest BCUT2D eigenvalue weighted by Crippen LogP contribution is 2.10. The molecule has 2 nitrogen and oxygen atoms in total. The summed E-state index contributed by atoms with van der Waals surface area (Å²) in [6.45, 7) is 2.44. The average Bonchev–Trinajstić information content (AvgIpc) is 1.89. The van der Waals surface area contributed by atoms with Gasteiger partial charge in [0.15, 0.2) is 0 Å². The molecule has 0 fully saturated rings. The molecule has 0 aromatic rings. The summed E-state index contributed by atoms with van der Waals surface area (Å²) in [5.74, 6) is 0.456. The second-order valence-electron chi connectivity index (χ2n) is 2.22. The van der Waals surface area contributed by atoms with Gasteiger partial charge in [-0.25, -0.2) is 0 Å². The van der Waals surface area contributed by atoms with E-state index < -0.39 is 0 Å². The summed E-state index contributed by atoms with van der Waals surface area (Å²) in [5.41, 5.74) is -0.323. The molecular weight excluding hydrogens is 140 g/mol. The fourth-order valence-electron chi connectivity index (χ4n) is 0.457. The second kappa shape index (κ2) is 4.09. The summed E-state index contributed by atoms with van der Waals surface area (Å²) in [5, 5.41) is 0. The SMILES string of the molecule is COCC(C)(CCl)OC. The summed E-state index contributed by atoms with van der Waals surface area (Å²) >= 11 is 5.58. The Hall–Kier alpha value is 0.210. The Balaban J connectivity index is 3.62. The fourth-order valence-corrected chi connectivity index (χ4v) is 0.644. The number of halogens is 1. The van der Waals surface area contributed by atoms with Gasteiger partial charge in [0.1, 0.15) is 5.60 Å². The van der Waals surface area contributed by atoms with Gasteiger partial charge >= 0.3 is 0 Å². The molecule has 56 valence electrons. The highest BCUT2D eigenvalue weighted by Gasteiger charge is 2.21. The smallest absolute Gasteiger partial charge is 0.102 e. The first kappa shape index (κ1) is 9.21. The molecule has 9 heavy (non-hydrogen) atoms. The summed E-state index contributed by atoms with van der Waals surface area (Å²) < 4.78 is 9.95. The molecule has 1 unspecified atom stereocenters. The number of rotatable bonds is 4. The van der Waals surface area contributed by atoms with Crippen LogP contribution in [-0.2, 0) is 9.47 Å². The topological polar surface area (TPSA) is 18.5 Å². The molecule has 0 radical (unpaired) electrons. The van der Waals surface area contributed by atoms with Crippen LogP contribution in [0.1, 0.15) is 6.92 Å². The van der Waals surface area contributed by atoms with Gasteiger partial charge in [0.05, 0.1) is 12.5 Å². The van der Waals surface area contributed by atoms with E-state index >= 15 is 0 Å². The van der Waals surface area contributed by atoms with Gasteiger partial charge in [0.2, 0.25) is 0 Å². The predicted molar refractivity (Wildman–Crippen MR) is 38.0 cm³/mol. The van der Waals surface area contributed by atoms with Crippen LogP contribution in [-0.4, -0.2) is 32.3 Å². The predicted octanol–water partition coefficient (Wildman–Crippen LogP) is 1.28. The lowest BCUT2D eigenvalue weighted by Crippen LogP contribution is -2.34. The molecule has 0 rings (SSSR count). The summed E-state index contributed by atoms with van der Waals surface area (Å²) in [6, 6.07) is 0. The van der Waals surface area contributed by atoms with E-state index in [1.165, 1.54) is 0 Å². The highest BCUT2D eigenvalue weighted by molar-refractivity contribution is 6.18. The van der Waals surface area contributed by atoms with Crippen LogP contribution < -0.4 is 0 Å². The molecular formula is C6H13ClO2. The first-order valence-electron chi connectivity index (χ1n) is 2.78. The minimum absolute atomic E-state index is 0.323. The zero-order valence-corrected chi connectivity index (χ0v) is 6.86. The molecule has 0 bridgehead atoms. The Morgan fingerprint density at radius 3 is 2.11 bits per heavy atom. The number of alkyl halides is 1. The normalized spacial score (nSPS) is 17.3. The summed E-state index contributed by atoms with van der Waals surface area (Å²) in [7, 11) is 3.26. The van der Waals surface area contributed by atoms with Gasteiger partial charge in [-0.15, -0.1) is 11.6 Å². The average molecular weight is 153 g/mol. The zero-order chi connectivity index (χ0) is 7.33. The molecule has 3 heteroatoms. The number of methoxy groups -OCH3 is 2. The maximum absolute atomic E-state index is 5.58. The van der Waals surface area contributed by atoms with E-state index in [0.29, 0.717) is 12.5 Å². The van der Waals surface area contributed by atoms with Gasteiger partial charge in [-0.2, -0.15) is 0 Å². The van der Waals surface area contributed by atoms with Crippen LogP contribution in [0.25, 0.3) is 0 Å².